The van der Waals surface area contributed by atoms with E-state index in [2.05, 4.69) is 0 Å². The SMILES string of the molecule is O=[C](O)[Al]([OH])[OH]. The third-order valence-corrected chi connectivity index (χ3v) is 0.663. The van der Waals surface area contributed by atoms with Crippen LogP contribution in [-0.4, -0.2) is 33.1 Å². The minimum absolute atomic E-state index is 1.49. The van der Waals surface area contributed by atoms with Gasteiger partial charge in [0.25, 0.3) is 4.83 Å². The first-order valence-corrected chi connectivity index (χ1v) is 2.84. The molecular weight excluding hydrogens is 103 g/mol. The van der Waals surface area contributed by atoms with E-state index in [1.165, 1.54) is 0 Å². The van der Waals surface area contributed by atoms with Crippen LogP contribution in [0.15, 0.2) is 0 Å². The smallest absolute Gasteiger partial charge is 0.490 e. The van der Waals surface area contributed by atoms with Crippen LogP contribution < -0.4 is 0 Å². The molecule has 34 valence electrons. The van der Waals surface area contributed by atoms with E-state index in [0.717, 1.165) is 0 Å². The fourth-order valence-corrected chi connectivity index (χ4v) is 0. The summed E-state index contributed by atoms with van der Waals surface area (Å²) < 4.78 is 15.4. The molecule has 0 saturated heterocycles. The second-order valence-corrected chi connectivity index (χ2v) is 1.95. The Morgan fingerprint density at radius 2 is 1.67 bits per heavy atom. The molecule has 0 aromatic rings. The maximum atomic E-state index is 9.26. The molecule has 0 aliphatic rings. The van der Waals surface area contributed by atoms with Gasteiger partial charge in [-0.1, -0.05) is 0 Å². The van der Waals surface area contributed by atoms with Crippen LogP contribution >= 0.6 is 0 Å². The van der Waals surface area contributed by atoms with E-state index in [1.807, 2.05) is 0 Å². The molecule has 0 aromatic carbocycles. The van der Waals surface area contributed by atoms with Gasteiger partial charge in [-0.15, -0.1) is 0 Å². The molecule has 0 saturated carbocycles. The van der Waals surface area contributed by atoms with Crippen molar-refractivity contribution < 1.29 is 18.2 Å². The van der Waals surface area contributed by atoms with Crippen LogP contribution in [0.4, 0.5) is 4.79 Å². The van der Waals surface area contributed by atoms with Crippen LogP contribution in [0, 0.1) is 0 Å². The predicted octanol–water partition coefficient (Wildman–Crippen LogP) is -1.28. The van der Waals surface area contributed by atoms with E-state index in [9.17, 15) is 4.79 Å². The highest BCUT2D eigenvalue weighted by atomic mass is 27.2. The largest absolute Gasteiger partial charge is 0.814 e. The van der Waals surface area contributed by atoms with Crippen LogP contribution in [0.5, 0.6) is 0 Å². The Hall–Kier alpha value is -0.0775. The summed E-state index contributed by atoms with van der Waals surface area (Å²) in [5.41, 5.74) is 0. The molecule has 0 fully saturated rings. The highest BCUT2D eigenvalue weighted by molar-refractivity contribution is 6.76. The van der Waals surface area contributed by atoms with E-state index in [-0.39, 0.29) is 0 Å². The van der Waals surface area contributed by atoms with Gasteiger partial charge in [0.2, 0.25) is 0 Å². The van der Waals surface area contributed by atoms with E-state index in [1.54, 1.807) is 0 Å². The van der Waals surface area contributed by atoms with Crippen molar-refractivity contribution in [3.8, 4) is 0 Å². The van der Waals surface area contributed by atoms with Crippen LogP contribution in [-0.2, 0) is 0 Å². The van der Waals surface area contributed by atoms with Gasteiger partial charge in [-0.25, -0.2) is 0 Å². The van der Waals surface area contributed by atoms with Gasteiger partial charge < -0.3 is 13.4 Å². The first kappa shape index (κ1) is 5.92. The van der Waals surface area contributed by atoms with Crippen molar-refractivity contribution in [3.05, 3.63) is 0 Å². The normalized spacial score (nSPS) is 7.67. The number of hydrogen-bond donors (Lipinski definition) is 3. The van der Waals surface area contributed by atoms with Crippen molar-refractivity contribution in [2.24, 2.45) is 0 Å². The molecule has 0 heterocycles. The van der Waals surface area contributed by atoms with Crippen LogP contribution in [0.3, 0.4) is 0 Å². The molecule has 0 unspecified atom stereocenters. The predicted molar refractivity (Wildman–Crippen MR) is 18.2 cm³/mol. The van der Waals surface area contributed by atoms with E-state index in [0.29, 0.717) is 0 Å². The first-order valence-electron chi connectivity index (χ1n) is 1.23. The summed E-state index contributed by atoms with van der Waals surface area (Å²) in [7, 11) is 0. The van der Waals surface area contributed by atoms with Crippen molar-refractivity contribution in [1.29, 1.82) is 0 Å². The lowest BCUT2D eigenvalue weighted by Gasteiger charge is -1.78. The van der Waals surface area contributed by atoms with Gasteiger partial charge in [-0.05, 0) is 0 Å². The monoisotopic (exact) mass is 106 g/mol. The fraction of sp³-hybridized carbons (Fsp3) is 0. The summed E-state index contributed by atoms with van der Waals surface area (Å²) >= 11 is -3.33. The molecule has 4 nitrogen and oxygen atoms in total. The minimum Gasteiger partial charge on any atom is -0.490 e. The Balaban J connectivity index is 3.26. The van der Waals surface area contributed by atoms with Crippen molar-refractivity contribution in [2.75, 3.05) is 0 Å². The Morgan fingerprint density at radius 3 is 1.67 bits per heavy atom. The molecule has 5 heteroatoms. The van der Waals surface area contributed by atoms with E-state index in [4.69, 9.17) is 13.4 Å². The van der Waals surface area contributed by atoms with Crippen molar-refractivity contribution in [2.45, 2.75) is 0 Å². The molecule has 0 aromatic heterocycles. The molecule has 0 aliphatic heterocycles. The second kappa shape index (κ2) is 2.16. The number of carboxylic acid groups (broad SMARTS) is 1. The molecule has 0 spiro atoms. The molecule has 0 amide bonds. The standard InChI is InChI=1S/CHO2.Al.2H2O/c2-1-3;;;/h(H,2,3);;2*1H2/q;+2;;/p-2. The van der Waals surface area contributed by atoms with Crippen LogP contribution in [0.1, 0.15) is 0 Å². The quantitative estimate of drug-likeness (QED) is 0.364. The summed E-state index contributed by atoms with van der Waals surface area (Å²) in [6.45, 7) is 0. The van der Waals surface area contributed by atoms with Gasteiger partial charge in [-0.3, -0.25) is 4.79 Å². The second-order valence-electron chi connectivity index (χ2n) is 0.712. The molecule has 0 atom stereocenters. The zero-order valence-electron chi connectivity index (χ0n) is 2.83. The van der Waals surface area contributed by atoms with Gasteiger partial charge in [0.1, 0.15) is 0 Å². The number of carbonyl (C=O) groups is 1. The van der Waals surface area contributed by atoms with Gasteiger partial charge in [0.15, 0.2) is 0 Å². The van der Waals surface area contributed by atoms with Crippen LogP contribution in [0.25, 0.3) is 0 Å². The van der Waals surface area contributed by atoms with E-state index < -0.39 is 19.6 Å². The lowest BCUT2D eigenvalue weighted by molar-refractivity contribution is 0.207. The number of rotatable bonds is 1. The van der Waals surface area contributed by atoms with E-state index >= 15 is 0 Å². The summed E-state index contributed by atoms with van der Waals surface area (Å²) in [5, 5.41) is 7.55. The molecule has 0 bridgehead atoms. The summed E-state index contributed by atoms with van der Waals surface area (Å²) in [4.78, 5) is 7.77. The van der Waals surface area contributed by atoms with Gasteiger partial charge in [0, 0.05) is 0 Å². The van der Waals surface area contributed by atoms with Crippen molar-refractivity contribution >= 4 is 19.6 Å². The third-order valence-electron chi connectivity index (χ3n) is 0.221. The first-order chi connectivity index (χ1) is 2.64. The number of hydrogen-bond acceptors (Lipinski definition) is 3. The fourth-order valence-electron chi connectivity index (χ4n) is 0. The molecule has 0 radical (unpaired) electrons. The van der Waals surface area contributed by atoms with Crippen molar-refractivity contribution in [1.82, 2.24) is 0 Å². The van der Waals surface area contributed by atoms with Crippen LogP contribution in [0.2, 0.25) is 0 Å². The molecule has 0 aliphatic carbocycles. The lowest BCUT2D eigenvalue weighted by Crippen LogP contribution is -2.22. The Bertz CT molecular complexity index is 58.6. The van der Waals surface area contributed by atoms with Gasteiger partial charge in [-0.2, -0.15) is 0 Å². The summed E-state index contributed by atoms with van der Waals surface area (Å²) in [6.07, 6.45) is 0. The maximum Gasteiger partial charge on any atom is 0.814 e. The maximum absolute atomic E-state index is 9.26. The van der Waals surface area contributed by atoms with Gasteiger partial charge >= 0.3 is 14.8 Å². The zero-order valence-corrected chi connectivity index (χ0v) is 3.98. The highest BCUT2D eigenvalue weighted by Crippen LogP contribution is 1.66. The zero-order chi connectivity index (χ0) is 5.15. The average Bonchev–Trinajstić information content (AvgIpc) is 1.36. The Labute approximate surface area is 38.7 Å². The third kappa shape index (κ3) is 2.18. The Kier molecular flexibility index (Phi) is 2.13. The molecular formula is CH3AlO4. The molecule has 3 N–H and O–H groups in total. The molecule has 6 heavy (non-hydrogen) atoms. The summed E-state index contributed by atoms with van der Waals surface area (Å²) in [5.74, 6) is 0. The Morgan fingerprint density at radius 1 is 1.50 bits per heavy atom. The highest BCUT2D eigenvalue weighted by Gasteiger charge is 2.26. The minimum atomic E-state index is -3.33. The van der Waals surface area contributed by atoms with Gasteiger partial charge in [0.05, 0.1) is 0 Å². The topological polar surface area (TPSA) is 77.8 Å². The van der Waals surface area contributed by atoms with Crippen molar-refractivity contribution in [3.63, 3.8) is 0 Å². The molecule has 0 rings (SSSR count). The lowest BCUT2D eigenvalue weighted by atomic mass is 11.6. The summed E-state index contributed by atoms with van der Waals surface area (Å²) in [6, 6.07) is 0. The average molecular weight is 106 g/mol.